The van der Waals surface area contributed by atoms with E-state index in [-0.39, 0.29) is 36.2 Å². The summed E-state index contributed by atoms with van der Waals surface area (Å²) in [5, 5.41) is 6.35. The van der Waals surface area contributed by atoms with Crippen molar-refractivity contribution < 1.29 is 18.3 Å². The van der Waals surface area contributed by atoms with Crippen LogP contribution in [0.3, 0.4) is 0 Å². The summed E-state index contributed by atoms with van der Waals surface area (Å²) in [4.78, 5) is 12.6. The van der Waals surface area contributed by atoms with Crippen molar-refractivity contribution in [2.45, 2.75) is 37.6 Å². The summed E-state index contributed by atoms with van der Waals surface area (Å²) in [6.45, 7) is 3.37. The number of halogens is 3. The van der Waals surface area contributed by atoms with E-state index in [2.05, 4.69) is 10.6 Å². The third-order valence-corrected chi connectivity index (χ3v) is 5.35. The molecule has 3 unspecified atom stereocenters. The quantitative estimate of drug-likeness (QED) is 0.732. The van der Waals surface area contributed by atoms with Gasteiger partial charge in [-0.2, -0.15) is 0 Å². The molecule has 158 valence electrons. The van der Waals surface area contributed by atoms with Gasteiger partial charge in [0.1, 0.15) is 5.75 Å². The van der Waals surface area contributed by atoms with E-state index in [1.807, 2.05) is 31.2 Å². The molecule has 1 amide bonds. The molecule has 1 heterocycles. The molecule has 4 nitrogen and oxygen atoms in total. The van der Waals surface area contributed by atoms with Crippen LogP contribution in [0.5, 0.6) is 5.75 Å². The number of amides is 1. The van der Waals surface area contributed by atoms with Crippen LogP contribution in [0.4, 0.5) is 8.78 Å². The summed E-state index contributed by atoms with van der Waals surface area (Å²) in [5.74, 6) is -1.02. The van der Waals surface area contributed by atoms with Gasteiger partial charge in [-0.15, -0.1) is 12.4 Å². The van der Waals surface area contributed by atoms with Crippen LogP contribution in [0.25, 0.3) is 0 Å². The average Bonchev–Trinajstić information content (AvgIpc) is 2.70. The van der Waals surface area contributed by atoms with E-state index < -0.39 is 11.6 Å². The summed E-state index contributed by atoms with van der Waals surface area (Å²) in [7, 11) is 1.62. The maximum Gasteiger partial charge on any atom is 0.220 e. The van der Waals surface area contributed by atoms with Crippen molar-refractivity contribution in [1.29, 1.82) is 0 Å². The van der Waals surface area contributed by atoms with Crippen molar-refractivity contribution in [3.63, 3.8) is 0 Å². The Morgan fingerprint density at radius 2 is 2.03 bits per heavy atom. The van der Waals surface area contributed by atoms with Gasteiger partial charge in [-0.3, -0.25) is 4.79 Å². The monoisotopic (exact) mass is 424 g/mol. The van der Waals surface area contributed by atoms with Crippen molar-refractivity contribution >= 4 is 18.3 Å². The zero-order valence-corrected chi connectivity index (χ0v) is 17.4. The van der Waals surface area contributed by atoms with Crippen molar-refractivity contribution in [3.05, 3.63) is 65.2 Å². The van der Waals surface area contributed by atoms with E-state index in [0.29, 0.717) is 18.5 Å². The number of hydrogen-bond donors (Lipinski definition) is 2. The topological polar surface area (TPSA) is 50.4 Å². The number of benzene rings is 2. The lowest BCUT2D eigenvalue weighted by Crippen LogP contribution is -2.50. The van der Waals surface area contributed by atoms with Gasteiger partial charge in [0.2, 0.25) is 5.91 Å². The molecule has 2 aromatic rings. The minimum Gasteiger partial charge on any atom is -0.497 e. The molecule has 0 aliphatic carbocycles. The zero-order valence-electron chi connectivity index (χ0n) is 16.6. The van der Waals surface area contributed by atoms with Crippen molar-refractivity contribution in [3.8, 4) is 5.75 Å². The van der Waals surface area contributed by atoms with Crippen LogP contribution in [0.2, 0.25) is 0 Å². The van der Waals surface area contributed by atoms with Gasteiger partial charge in [0.25, 0.3) is 0 Å². The highest BCUT2D eigenvalue weighted by atomic mass is 35.5. The fourth-order valence-electron chi connectivity index (χ4n) is 3.76. The van der Waals surface area contributed by atoms with Crippen molar-refractivity contribution in [2.75, 3.05) is 20.2 Å². The highest BCUT2D eigenvalue weighted by molar-refractivity contribution is 5.85. The molecule has 1 fully saturated rings. The predicted molar refractivity (Wildman–Crippen MR) is 112 cm³/mol. The SMILES string of the molecule is COc1cccc(C(C)CC(=O)NC2CNCCC2c2ccc(F)c(F)c2)c1.Cl. The fraction of sp³-hybridized carbons (Fsp3) is 0.409. The Labute approximate surface area is 176 Å². The first-order chi connectivity index (χ1) is 13.5. The minimum atomic E-state index is -0.856. The molecule has 0 spiro atoms. The number of piperidine rings is 1. The van der Waals surface area contributed by atoms with Crippen molar-refractivity contribution in [1.82, 2.24) is 10.6 Å². The lowest BCUT2D eigenvalue weighted by molar-refractivity contribution is -0.122. The third-order valence-electron chi connectivity index (χ3n) is 5.35. The number of methoxy groups -OCH3 is 1. The Morgan fingerprint density at radius 1 is 1.24 bits per heavy atom. The second-order valence-corrected chi connectivity index (χ2v) is 7.33. The van der Waals surface area contributed by atoms with Crippen LogP contribution in [0.15, 0.2) is 42.5 Å². The molecule has 29 heavy (non-hydrogen) atoms. The highest BCUT2D eigenvalue weighted by Crippen LogP contribution is 2.28. The molecule has 2 N–H and O–H groups in total. The van der Waals surface area contributed by atoms with Gasteiger partial charge in [-0.25, -0.2) is 8.78 Å². The van der Waals surface area contributed by atoms with Gasteiger partial charge < -0.3 is 15.4 Å². The number of carbonyl (C=O) groups is 1. The predicted octanol–water partition coefficient (Wildman–Crippen LogP) is 4.15. The number of carbonyl (C=O) groups excluding carboxylic acids is 1. The molecule has 0 aromatic heterocycles. The standard InChI is InChI=1S/C22H26F2N2O2.ClH/c1-14(15-4-3-5-17(11-15)28-2)10-22(27)26-21-13-25-9-8-18(21)16-6-7-19(23)20(24)12-16;/h3-7,11-12,14,18,21,25H,8-10,13H2,1-2H3,(H,26,27);1H. The Morgan fingerprint density at radius 3 is 2.76 bits per heavy atom. The fourth-order valence-corrected chi connectivity index (χ4v) is 3.76. The van der Waals surface area contributed by atoms with Crippen LogP contribution >= 0.6 is 12.4 Å². The number of rotatable bonds is 6. The smallest absolute Gasteiger partial charge is 0.220 e. The van der Waals surface area contributed by atoms with Crippen molar-refractivity contribution in [2.24, 2.45) is 0 Å². The minimum absolute atomic E-state index is 0. The molecule has 0 saturated carbocycles. The molecule has 0 radical (unpaired) electrons. The van der Waals surface area contributed by atoms with Gasteiger partial charge in [-0.1, -0.05) is 25.1 Å². The van der Waals surface area contributed by atoms with Crippen LogP contribution < -0.4 is 15.4 Å². The second kappa shape index (κ2) is 10.6. The van der Waals surface area contributed by atoms with Gasteiger partial charge >= 0.3 is 0 Å². The van der Waals surface area contributed by atoms with E-state index in [9.17, 15) is 13.6 Å². The number of hydrogen-bond acceptors (Lipinski definition) is 3. The Balaban J connectivity index is 0.00000300. The second-order valence-electron chi connectivity index (χ2n) is 7.33. The molecular formula is C22H27ClF2N2O2. The summed E-state index contributed by atoms with van der Waals surface area (Å²) < 4.78 is 32.2. The normalized spacial score (nSPS) is 19.7. The first-order valence-corrected chi connectivity index (χ1v) is 9.57. The first kappa shape index (κ1) is 23.1. The summed E-state index contributed by atoms with van der Waals surface area (Å²) in [6.07, 6.45) is 1.09. The maximum absolute atomic E-state index is 13.7. The lowest BCUT2D eigenvalue weighted by Gasteiger charge is -2.33. The summed E-state index contributed by atoms with van der Waals surface area (Å²) >= 11 is 0. The molecule has 1 aliphatic rings. The summed E-state index contributed by atoms with van der Waals surface area (Å²) in [6, 6.07) is 11.5. The van der Waals surface area contributed by atoms with Crippen LogP contribution in [0, 0.1) is 11.6 Å². The molecule has 2 aromatic carbocycles. The van der Waals surface area contributed by atoms with Crippen LogP contribution in [-0.2, 0) is 4.79 Å². The van der Waals surface area contributed by atoms with Gasteiger partial charge in [-0.05, 0) is 54.3 Å². The van der Waals surface area contributed by atoms with E-state index >= 15 is 0 Å². The Hall–Kier alpha value is -2.18. The van der Waals surface area contributed by atoms with E-state index in [0.717, 1.165) is 30.3 Å². The summed E-state index contributed by atoms with van der Waals surface area (Å²) in [5.41, 5.74) is 1.75. The Bertz CT molecular complexity index is 834. The molecule has 3 atom stereocenters. The molecule has 3 rings (SSSR count). The third kappa shape index (κ3) is 5.90. The Kier molecular flexibility index (Phi) is 8.41. The number of ether oxygens (including phenoxy) is 1. The molecule has 7 heteroatoms. The maximum atomic E-state index is 13.7. The number of nitrogens with one attached hydrogen (secondary N) is 2. The largest absolute Gasteiger partial charge is 0.497 e. The average molecular weight is 425 g/mol. The van der Waals surface area contributed by atoms with E-state index in [4.69, 9.17) is 4.74 Å². The molecule has 1 saturated heterocycles. The molecule has 1 aliphatic heterocycles. The van der Waals surface area contributed by atoms with Gasteiger partial charge in [0, 0.05) is 24.9 Å². The van der Waals surface area contributed by atoms with Crippen LogP contribution in [0.1, 0.15) is 42.7 Å². The van der Waals surface area contributed by atoms with E-state index in [1.54, 1.807) is 13.2 Å². The molecular weight excluding hydrogens is 398 g/mol. The zero-order chi connectivity index (χ0) is 20.1. The van der Waals surface area contributed by atoms with E-state index in [1.165, 1.54) is 6.07 Å². The van der Waals surface area contributed by atoms with Gasteiger partial charge in [0.15, 0.2) is 11.6 Å². The van der Waals surface area contributed by atoms with Gasteiger partial charge in [0.05, 0.1) is 7.11 Å². The first-order valence-electron chi connectivity index (χ1n) is 9.57. The molecule has 0 bridgehead atoms. The van der Waals surface area contributed by atoms with Crippen LogP contribution in [-0.4, -0.2) is 32.1 Å². The highest BCUT2D eigenvalue weighted by Gasteiger charge is 2.28. The lowest BCUT2D eigenvalue weighted by atomic mass is 9.85.